The molecule has 0 aromatic carbocycles. The Labute approximate surface area is 59.3 Å². The highest BCUT2D eigenvalue weighted by Crippen LogP contribution is 1.99. The number of thioether (sulfide) groups is 1. The fourth-order valence-corrected chi connectivity index (χ4v) is 0.784. The number of rotatable bonds is 4. The molecule has 0 aliphatic carbocycles. The van der Waals surface area contributed by atoms with Crippen molar-refractivity contribution in [3.63, 3.8) is 0 Å². The molecule has 0 amide bonds. The first-order valence-electron chi connectivity index (χ1n) is 2.63. The minimum atomic E-state index is 0.127. The molecule has 0 saturated heterocycles. The summed E-state index contributed by atoms with van der Waals surface area (Å²) in [5.41, 5.74) is 0. The Hall–Kier alpha value is -0.440. The van der Waals surface area contributed by atoms with Crippen LogP contribution >= 0.6 is 11.8 Å². The predicted molar refractivity (Wildman–Crippen MR) is 39.3 cm³/mol. The van der Waals surface area contributed by atoms with E-state index < -0.39 is 0 Å². The molecule has 52 valence electrons. The number of carbonyl (C=O) groups excluding carboxylic acids is 1. The molecule has 2 nitrogen and oxygen atoms in total. The van der Waals surface area contributed by atoms with E-state index in [4.69, 9.17) is 4.74 Å². The standard InChI is InChI=1S/C6H10O2S/c1-3-8-4-5-9-6(2)7/h3H,1,4-5H2,2H3. The highest BCUT2D eigenvalue weighted by atomic mass is 32.2. The van der Waals surface area contributed by atoms with E-state index in [9.17, 15) is 4.79 Å². The van der Waals surface area contributed by atoms with Crippen molar-refractivity contribution < 1.29 is 9.53 Å². The summed E-state index contributed by atoms with van der Waals surface area (Å²) in [7, 11) is 0. The fourth-order valence-electron chi connectivity index (χ4n) is 0.317. The highest BCUT2D eigenvalue weighted by molar-refractivity contribution is 8.13. The van der Waals surface area contributed by atoms with Gasteiger partial charge in [0.15, 0.2) is 5.12 Å². The van der Waals surface area contributed by atoms with Crippen molar-refractivity contribution >= 4 is 16.9 Å². The molecule has 0 heterocycles. The summed E-state index contributed by atoms with van der Waals surface area (Å²) < 4.78 is 4.77. The van der Waals surface area contributed by atoms with E-state index in [1.165, 1.54) is 18.0 Å². The molecule has 0 aliphatic rings. The van der Waals surface area contributed by atoms with E-state index >= 15 is 0 Å². The molecular weight excluding hydrogens is 136 g/mol. The van der Waals surface area contributed by atoms with Crippen LogP contribution in [0.3, 0.4) is 0 Å². The molecule has 0 saturated carbocycles. The Morgan fingerprint density at radius 1 is 1.89 bits per heavy atom. The number of hydrogen-bond acceptors (Lipinski definition) is 3. The van der Waals surface area contributed by atoms with Gasteiger partial charge in [-0.25, -0.2) is 0 Å². The van der Waals surface area contributed by atoms with E-state index in [0.29, 0.717) is 12.4 Å². The van der Waals surface area contributed by atoms with Gasteiger partial charge in [-0.15, -0.1) is 0 Å². The van der Waals surface area contributed by atoms with Crippen LogP contribution in [0.25, 0.3) is 0 Å². The third-order valence-corrected chi connectivity index (χ3v) is 1.40. The molecule has 0 rings (SSSR count). The first kappa shape index (κ1) is 8.56. The zero-order chi connectivity index (χ0) is 7.11. The van der Waals surface area contributed by atoms with Crippen LogP contribution in [0.1, 0.15) is 6.92 Å². The van der Waals surface area contributed by atoms with Gasteiger partial charge < -0.3 is 4.74 Å². The van der Waals surface area contributed by atoms with Gasteiger partial charge in [0.05, 0.1) is 12.9 Å². The molecule has 0 bridgehead atoms. The summed E-state index contributed by atoms with van der Waals surface area (Å²) in [5, 5.41) is 0.127. The number of carbonyl (C=O) groups is 1. The molecule has 0 spiro atoms. The second kappa shape index (κ2) is 5.69. The third kappa shape index (κ3) is 7.56. The average Bonchev–Trinajstić information content (AvgIpc) is 1.80. The van der Waals surface area contributed by atoms with E-state index in [0.717, 1.165) is 0 Å². The maximum atomic E-state index is 10.3. The lowest BCUT2D eigenvalue weighted by Crippen LogP contribution is -1.93. The summed E-state index contributed by atoms with van der Waals surface area (Å²) in [6.45, 7) is 5.46. The highest BCUT2D eigenvalue weighted by Gasteiger charge is 1.91. The van der Waals surface area contributed by atoms with Gasteiger partial charge >= 0.3 is 0 Å². The van der Waals surface area contributed by atoms with Crippen LogP contribution in [0.4, 0.5) is 0 Å². The summed E-state index contributed by atoms with van der Waals surface area (Å²) in [6, 6.07) is 0. The van der Waals surface area contributed by atoms with Crippen LogP contribution in [0, 0.1) is 0 Å². The normalized spacial score (nSPS) is 8.56. The maximum Gasteiger partial charge on any atom is 0.185 e. The predicted octanol–water partition coefficient (Wildman–Crippen LogP) is 1.43. The van der Waals surface area contributed by atoms with E-state index in [1.54, 1.807) is 6.92 Å². The molecule has 3 heteroatoms. The van der Waals surface area contributed by atoms with Crippen LogP contribution < -0.4 is 0 Å². The van der Waals surface area contributed by atoms with Crippen LogP contribution in [0.5, 0.6) is 0 Å². The minimum absolute atomic E-state index is 0.127. The van der Waals surface area contributed by atoms with Crippen molar-refractivity contribution in [2.45, 2.75) is 6.92 Å². The van der Waals surface area contributed by atoms with Crippen molar-refractivity contribution in [3.8, 4) is 0 Å². The molecule has 0 aromatic heterocycles. The van der Waals surface area contributed by atoms with Gasteiger partial charge in [-0.1, -0.05) is 18.3 Å². The molecule has 0 fully saturated rings. The maximum absolute atomic E-state index is 10.3. The van der Waals surface area contributed by atoms with Gasteiger partial charge in [0.2, 0.25) is 0 Å². The van der Waals surface area contributed by atoms with Crippen molar-refractivity contribution in [2.75, 3.05) is 12.4 Å². The molecule has 0 atom stereocenters. The zero-order valence-electron chi connectivity index (χ0n) is 5.42. The molecule has 0 unspecified atom stereocenters. The summed E-state index contributed by atoms with van der Waals surface area (Å²) in [5.74, 6) is 0.710. The van der Waals surface area contributed by atoms with Gasteiger partial charge in [-0.3, -0.25) is 4.79 Å². The van der Waals surface area contributed by atoms with Crippen molar-refractivity contribution in [1.82, 2.24) is 0 Å². The SMILES string of the molecule is C=COCCSC(C)=O. The first-order chi connectivity index (χ1) is 4.27. The number of hydrogen-bond donors (Lipinski definition) is 0. The van der Waals surface area contributed by atoms with Crippen LogP contribution in [-0.4, -0.2) is 17.5 Å². The van der Waals surface area contributed by atoms with Crippen molar-refractivity contribution in [3.05, 3.63) is 12.8 Å². The molecular formula is C6H10O2S. The van der Waals surface area contributed by atoms with E-state index in [1.807, 2.05) is 0 Å². The second-order valence-corrected chi connectivity index (χ2v) is 2.65. The van der Waals surface area contributed by atoms with Crippen LogP contribution in [0.15, 0.2) is 12.8 Å². The van der Waals surface area contributed by atoms with Crippen molar-refractivity contribution in [1.29, 1.82) is 0 Å². The van der Waals surface area contributed by atoms with E-state index in [2.05, 4.69) is 6.58 Å². The zero-order valence-corrected chi connectivity index (χ0v) is 6.24. The molecule has 0 aliphatic heterocycles. The summed E-state index contributed by atoms with van der Waals surface area (Å²) >= 11 is 1.26. The summed E-state index contributed by atoms with van der Waals surface area (Å²) in [6.07, 6.45) is 1.38. The second-order valence-electron chi connectivity index (χ2n) is 1.38. The lowest BCUT2D eigenvalue weighted by molar-refractivity contribution is -0.109. The Bertz CT molecular complexity index is 101. The van der Waals surface area contributed by atoms with E-state index in [-0.39, 0.29) is 5.12 Å². The molecule has 0 N–H and O–H groups in total. The lowest BCUT2D eigenvalue weighted by atomic mass is 10.8. The topological polar surface area (TPSA) is 26.3 Å². The average molecular weight is 146 g/mol. The van der Waals surface area contributed by atoms with Gasteiger partial charge in [-0.2, -0.15) is 0 Å². The van der Waals surface area contributed by atoms with Crippen LogP contribution in [0.2, 0.25) is 0 Å². The Balaban J connectivity index is 2.91. The first-order valence-corrected chi connectivity index (χ1v) is 3.62. The third-order valence-electron chi connectivity index (χ3n) is 0.624. The quantitative estimate of drug-likeness (QED) is 0.443. The fraction of sp³-hybridized carbons (Fsp3) is 0.500. The smallest absolute Gasteiger partial charge is 0.185 e. The Kier molecular flexibility index (Phi) is 5.41. The molecule has 0 radical (unpaired) electrons. The monoisotopic (exact) mass is 146 g/mol. The van der Waals surface area contributed by atoms with Crippen LogP contribution in [-0.2, 0) is 9.53 Å². The summed E-state index contributed by atoms with van der Waals surface area (Å²) in [4.78, 5) is 10.3. The molecule has 9 heavy (non-hydrogen) atoms. The van der Waals surface area contributed by atoms with Gasteiger partial charge in [-0.05, 0) is 0 Å². The molecule has 0 aromatic rings. The van der Waals surface area contributed by atoms with Gasteiger partial charge in [0.25, 0.3) is 0 Å². The minimum Gasteiger partial charge on any atom is -0.501 e. The number of ether oxygens (including phenoxy) is 1. The lowest BCUT2D eigenvalue weighted by Gasteiger charge is -1.95. The van der Waals surface area contributed by atoms with Gasteiger partial charge in [0.1, 0.15) is 0 Å². The largest absolute Gasteiger partial charge is 0.501 e. The van der Waals surface area contributed by atoms with Crippen molar-refractivity contribution in [2.24, 2.45) is 0 Å². The Morgan fingerprint density at radius 3 is 3.00 bits per heavy atom. The Morgan fingerprint density at radius 2 is 2.56 bits per heavy atom. The van der Waals surface area contributed by atoms with Gasteiger partial charge in [0, 0.05) is 12.7 Å².